The lowest BCUT2D eigenvalue weighted by atomic mass is 10.2. The predicted molar refractivity (Wildman–Crippen MR) is 88.7 cm³/mol. The Morgan fingerprint density at radius 2 is 2.04 bits per heavy atom. The van der Waals surface area contributed by atoms with Crippen molar-refractivity contribution in [2.24, 2.45) is 4.99 Å². The van der Waals surface area contributed by atoms with E-state index < -0.39 is 11.7 Å². The summed E-state index contributed by atoms with van der Waals surface area (Å²) in [6, 6.07) is 1.16. The summed E-state index contributed by atoms with van der Waals surface area (Å²) in [7, 11) is 3.81. The Labute approximate surface area is 142 Å². The molecule has 1 unspecified atom stereocenters. The third-order valence-corrected chi connectivity index (χ3v) is 4.78. The third kappa shape index (κ3) is 2.90. The van der Waals surface area contributed by atoms with Gasteiger partial charge in [0.25, 0.3) is 0 Å². The van der Waals surface area contributed by atoms with E-state index in [1.54, 1.807) is 0 Å². The zero-order chi connectivity index (χ0) is 17.5. The summed E-state index contributed by atoms with van der Waals surface area (Å²) in [5.74, 6) is 1.24. The van der Waals surface area contributed by atoms with Gasteiger partial charge in [0.05, 0.1) is 11.3 Å². The van der Waals surface area contributed by atoms with Crippen LogP contribution in [0, 0.1) is 0 Å². The van der Waals surface area contributed by atoms with Gasteiger partial charge in [-0.3, -0.25) is 4.98 Å². The third-order valence-electron chi connectivity index (χ3n) is 3.87. The molecule has 0 N–H and O–H groups in total. The molecular weight excluding hydrogens is 337 g/mol. The minimum atomic E-state index is -4.40. The minimum Gasteiger partial charge on any atom is -0.356 e. The number of amidine groups is 1. The first-order chi connectivity index (χ1) is 11.3. The van der Waals surface area contributed by atoms with Gasteiger partial charge >= 0.3 is 6.18 Å². The molecule has 0 saturated heterocycles. The molecular formula is C16H17F3N4S. The smallest absolute Gasteiger partial charge is 0.356 e. The molecule has 1 atom stereocenters. The van der Waals surface area contributed by atoms with E-state index in [1.165, 1.54) is 11.8 Å². The van der Waals surface area contributed by atoms with Crippen LogP contribution in [0.3, 0.4) is 0 Å². The molecule has 128 valence electrons. The first-order valence-corrected chi connectivity index (χ1v) is 8.43. The Morgan fingerprint density at radius 1 is 1.29 bits per heavy atom. The molecule has 4 nitrogen and oxygen atoms in total. The van der Waals surface area contributed by atoms with Gasteiger partial charge in [0, 0.05) is 31.4 Å². The molecule has 2 aliphatic heterocycles. The maximum absolute atomic E-state index is 13.0. The quantitative estimate of drug-likeness (QED) is 0.777. The Balaban J connectivity index is 2.05. The van der Waals surface area contributed by atoms with Gasteiger partial charge in [-0.15, -0.1) is 11.8 Å². The van der Waals surface area contributed by atoms with Crippen molar-refractivity contribution >= 4 is 17.6 Å². The number of thioether (sulfide) groups is 1. The van der Waals surface area contributed by atoms with Gasteiger partial charge in [0.2, 0.25) is 0 Å². The summed E-state index contributed by atoms with van der Waals surface area (Å²) in [5, 5.41) is 0. The molecule has 2 aliphatic rings. The van der Waals surface area contributed by atoms with Crippen molar-refractivity contribution in [3.05, 3.63) is 47.6 Å². The molecule has 1 aromatic heterocycles. The van der Waals surface area contributed by atoms with Crippen molar-refractivity contribution in [2.45, 2.75) is 24.2 Å². The lowest BCUT2D eigenvalue weighted by molar-refractivity contribution is -0.138. The van der Waals surface area contributed by atoms with Gasteiger partial charge < -0.3 is 9.80 Å². The Bertz CT molecular complexity index is 739. The van der Waals surface area contributed by atoms with Crippen LogP contribution in [0.1, 0.15) is 18.2 Å². The molecule has 24 heavy (non-hydrogen) atoms. The number of fused-ring (bicyclic) bond motifs is 1. The van der Waals surface area contributed by atoms with Gasteiger partial charge in [-0.25, -0.2) is 4.99 Å². The second kappa shape index (κ2) is 6.16. The lowest BCUT2D eigenvalue weighted by Crippen LogP contribution is -2.43. The van der Waals surface area contributed by atoms with E-state index in [0.29, 0.717) is 22.2 Å². The number of aromatic nitrogens is 1. The van der Waals surface area contributed by atoms with Crippen molar-refractivity contribution < 1.29 is 13.2 Å². The monoisotopic (exact) mass is 354 g/mol. The maximum Gasteiger partial charge on any atom is 0.417 e. The maximum atomic E-state index is 13.0. The van der Waals surface area contributed by atoms with Crippen LogP contribution in [0.4, 0.5) is 13.2 Å². The van der Waals surface area contributed by atoms with Gasteiger partial charge in [0.1, 0.15) is 11.9 Å². The number of rotatable bonds is 3. The summed E-state index contributed by atoms with van der Waals surface area (Å²) in [6.07, 6.45) is 2.15. The van der Waals surface area contributed by atoms with Crippen LogP contribution in [0.25, 0.3) is 0 Å². The molecule has 0 fully saturated rings. The van der Waals surface area contributed by atoms with E-state index in [1.807, 2.05) is 49.2 Å². The number of allylic oxidation sites excluding steroid dienone is 2. The average molecular weight is 354 g/mol. The Hall–Kier alpha value is -1.96. The fourth-order valence-electron chi connectivity index (χ4n) is 2.79. The summed E-state index contributed by atoms with van der Waals surface area (Å²) in [4.78, 5) is 13.1. The first kappa shape index (κ1) is 16.9. The highest BCUT2D eigenvalue weighted by Crippen LogP contribution is 2.35. The number of aliphatic imine (C=N–C) groups is 1. The van der Waals surface area contributed by atoms with Gasteiger partial charge in [-0.1, -0.05) is 6.92 Å². The molecule has 1 aromatic rings. The first-order valence-electron chi connectivity index (χ1n) is 7.45. The molecule has 3 rings (SSSR count). The summed E-state index contributed by atoms with van der Waals surface area (Å²) < 4.78 is 38.9. The molecule has 0 bridgehead atoms. The molecule has 8 heteroatoms. The summed E-state index contributed by atoms with van der Waals surface area (Å²) in [6.45, 7) is 1.90. The lowest BCUT2D eigenvalue weighted by Gasteiger charge is -2.32. The molecule has 0 aromatic carbocycles. The second-order valence-corrected chi connectivity index (χ2v) is 6.83. The van der Waals surface area contributed by atoms with Crippen molar-refractivity contribution in [1.82, 2.24) is 14.8 Å². The van der Waals surface area contributed by atoms with E-state index >= 15 is 0 Å². The normalized spacial score (nSPS) is 20.2. The Morgan fingerprint density at radius 3 is 2.67 bits per heavy atom. The number of nitrogens with zero attached hydrogens (tertiary/aromatic N) is 4. The number of alkyl halides is 3. The molecule has 0 saturated carbocycles. The van der Waals surface area contributed by atoms with Crippen molar-refractivity contribution in [1.29, 1.82) is 0 Å². The zero-order valence-corrected chi connectivity index (χ0v) is 14.3. The highest BCUT2D eigenvalue weighted by molar-refractivity contribution is 7.99. The van der Waals surface area contributed by atoms with E-state index in [2.05, 4.69) is 9.98 Å². The van der Waals surface area contributed by atoms with E-state index in [0.717, 1.165) is 18.0 Å². The number of hydrogen-bond acceptors (Lipinski definition) is 5. The number of halogens is 3. The minimum absolute atomic E-state index is 0.0615. The van der Waals surface area contributed by atoms with Crippen LogP contribution in [-0.2, 0) is 6.18 Å². The van der Waals surface area contributed by atoms with E-state index in [-0.39, 0.29) is 6.17 Å². The van der Waals surface area contributed by atoms with Crippen molar-refractivity contribution in [3.63, 3.8) is 0 Å². The fraction of sp³-hybridized carbons (Fsp3) is 0.375. The highest BCUT2D eigenvalue weighted by Gasteiger charge is 2.36. The predicted octanol–water partition coefficient (Wildman–Crippen LogP) is 3.57. The van der Waals surface area contributed by atoms with Crippen molar-refractivity contribution in [3.8, 4) is 0 Å². The highest BCUT2D eigenvalue weighted by atomic mass is 32.2. The molecule has 0 aliphatic carbocycles. The van der Waals surface area contributed by atoms with E-state index in [9.17, 15) is 13.2 Å². The Kier molecular flexibility index (Phi) is 4.33. The largest absolute Gasteiger partial charge is 0.417 e. The van der Waals surface area contributed by atoms with Crippen LogP contribution >= 0.6 is 11.8 Å². The average Bonchev–Trinajstić information content (AvgIpc) is 2.85. The summed E-state index contributed by atoms with van der Waals surface area (Å²) >= 11 is 1.34. The summed E-state index contributed by atoms with van der Waals surface area (Å²) in [5.41, 5.74) is 0.603. The van der Waals surface area contributed by atoms with Gasteiger partial charge in [0.15, 0.2) is 5.84 Å². The second-order valence-electron chi connectivity index (χ2n) is 5.52. The SMILES string of the molecule is CCSc1cc(C(F)(F)F)cnc1C1=NC2=CC=CN(C)C2N1C. The standard InChI is InChI=1S/C16H17F3N4S/c1-4-24-12-8-10(16(17,18)19)9-20-13(12)14-21-11-6-5-7-22(2)15(11)23(14)3/h5-9,15H,4H2,1-3H3. The molecule has 3 heterocycles. The molecule has 0 spiro atoms. The van der Waals surface area contributed by atoms with E-state index in [4.69, 9.17) is 0 Å². The zero-order valence-electron chi connectivity index (χ0n) is 13.5. The molecule has 0 radical (unpaired) electrons. The molecule has 0 amide bonds. The van der Waals surface area contributed by atoms with Crippen LogP contribution in [0.2, 0.25) is 0 Å². The number of likely N-dealkylation sites (N-methyl/N-ethyl adjacent to an activating group) is 2. The van der Waals surface area contributed by atoms with Crippen LogP contribution in [0.5, 0.6) is 0 Å². The van der Waals surface area contributed by atoms with Crippen molar-refractivity contribution in [2.75, 3.05) is 19.8 Å². The number of pyridine rings is 1. The van der Waals surface area contributed by atoms with Gasteiger partial charge in [-0.2, -0.15) is 13.2 Å². The van der Waals surface area contributed by atoms with Crippen LogP contribution < -0.4 is 0 Å². The van der Waals surface area contributed by atoms with Crippen LogP contribution in [-0.4, -0.2) is 46.6 Å². The number of hydrogen-bond donors (Lipinski definition) is 0. The fourth-order valence-corrected chi connectivity index (χ4v) is 3.59. The van der Waals surface area contributed by atoms with Crippen LogP contribution in [0.15, 0.2) is 46.2 Å². The van der Waals surface area contributed by atoms with Gasteiger partial charge in [-0.05, 0) is 24.0 Å². The topological polar surface area (TPSA) is 31.7 Å².